The highest BCUT2D eigenvalue weighted by molar-refractivity contribution is 7.09. The van der Waals surface area contributed by atoms with Crippen molar-refractivity contribution < 1.29 is 4.74 Å². The summed E-state index contributed by atoms with van der Waals surface area (Å²) in [7, 11) is 0. The Bertz CT molecular complexity index is 515. The summed E-state index contributed by atoms with van der Waals surface area (Å²) in [5.74, 6) is 1.01. The van der Waals surface area contributed by atoms with E-state index >= 15 is 0 Å². The molecule has 0 amide bonds. The molecule has 2 rings (SSSR count). The number of rotatable bonds is 4. The molecule has 0 aliphatic carbocycles. The molecule has 0 atom stereocenters. The minimum Gasteiger partial charge on any atom is -0.485 e. The predicted octanol–water partition coefficient (Wildman–Crippen LogP) is 4.77. The Morgan fingerprint density at radius 2 is 2.12 bits per heavy atom. The fourth-order valence-corrected chi connectivity index (χ4v) is 2.60. The summed E-state index contributed by atoms with van der Waals surface area (Å²) in [6.07, 6.45) is 0. The monoisotopic (exact) mass is 307 g/mol. The number of ether oxygens (including phenoxy) is 1. The minimum atomic E-state index is 0.378. The van der Waals surface area contributed by atoms with E-state index in [2.05, 4.69) is 4.98 Å². The summed E-state index contributed by atoms with van der Waals surface area (Å²) >= 11 is 19.0. The Morgan fingerprint density at radius 3 is 2.76 bits per heavy atom. The molecule has 0 bridgehead atoms. The normalized spacial score (nSPS) is 10.5. The number of nitrogens with zero attached hydrogens (tertiary/aromatic N) is 1. The van der Waals surface area contributed by atoms with Crippen LogP contribution < -0.4 is 4.74 Å². The van der Waals surface area contributed by atoms with E-state index in [4.69, 9.17) is 39.5 Å². The highest BCUT2D eigenvalue weighted by atomic mass is 35.5. The van der Waals surface area contributed by atoms with Crippen molar-refractivity contribution in [2.45, 2.75) is 12.5 Å². The summed E-state index contributed by atoms with van der Waals surface area (Å²) in [5, 5.41) is 3.86. The lowest BCUT2D eigenvalue weighted by Crippen LogP contribution is -1.95. The molecule has 1 aromatic carbocycles. The zero-order chi connectivity index (χ0) is 12.3. The molecule has 17 heavy (non-hydrogen) atoms. The quantitative estimate of drug-likeness (QED) is 0.759. The molecule has 90 valence electrons. The molecule has 0 aliphatic rings. The van der Waals surface area contributed by atoms with Crippen LogP contribution >= 0.6 is 46.1 Å². The minimum absolute atomic E-state index is 0.378. The fourth-order valence-electron chi connectivity index (χ4n) is 1.21. The van der Waals surface area contributed by atoms with Crippen LogP contribution in [0.15, 0.2) is 23.6 Å². The first kappa shape index (κ1) is 13.0. The molecule has 1 aromatic heterocycles. The highest BCUT2D eigenvalue weighted by Gasteiger charge is 2.05. The van der Waals surface area contributed by atoms with Crippen LogP contribution in [0.25, 0.3) is 0 Å². The van der Waals surface area contributed by atoms with Crippen molar-refractivity contribution in [1.82, 2.24) is 4.98 Å². The van der Waals surface area contributed by atoms with Gasteiger partial charge in [0.25, 0.3) is 0 Å². The Kier molecular flexibility index (Phi) is 4.51. The van der Waals surface area contributed by atoms with Gasteiger partial charge in [0.05, 0.1) is 16.6 Å². The molecule has 0 spiro atoms. The van der Waals surface area contributed by atoms with Gasteiger partial charge in [-0.2, -0.15) is 0 Å². The molecule has 0 saturated heterocycles. The molecule has 0 radical (unpaired) electrons. The fraction of sp³-hybridized carbons (Fsp3) is 0.182. The lowest BCUT2D eigenvalue weighted by Gasteiger charge is -2.06. The molecule has 2 aromatic rings. The van der Waals surface area contributed by atoms with E-state index in [9.17, 15) is 0 Å². The summed E-state index contributed by atoms with van der Waals surface area (Å²) < 4.78 is 5.55. The maximum Gasteiger partial charge on any atom is 0.140 e. The molecule has 0 fully saturated rings. The van der Waals surface area contributed by atoms with E-state index in [0.717, 1.165) is 10.7 Å². The lowest BCUT2D eigenvalue weighted by molar-refractivity contribution is 0.305. The van der Waals surface area contributed by atoms with Crippen LogP contribution in [-0.2, 0) is 12.5 Å². The van der Waals surface area contributed by atoms with Crippen molar-refractivity contribution in [3.05, 3.63) is 44.3 Å². The molecule has 0 unspecified atom stereocenters. The second-order valence-corrected chi connectivity index (χ2v) is 5.28. The summed E-state index contributed by atoms with van der Waals surface area (Å²) in [6, 6.07) is 5.11. The third-order valence-electron chi connectivity index (χ3n) is 1.98. The average Bonchev–Trinajstić information content (AvgIpc) is 2.76. The highest BCUT2D eigenvalue weighted by Crippen LogP contribution is 2.28. The van der Waals surface area contributed by atoms with Crippen molar-refractivity contribution in [2.75, 3.05) is 0 Å². The van der Waals surface area contributed by atoms with Gasteiger partial charge in [-0.15, -0.1) is 22.9 Å². The Morgan fingerprint density at radius 1 is 1.29 bits per heavy atom. The van der Waals surface area contributed by atoms with Crippen LogP contribution in [0.4, 0.5) is 0 Å². The third-order valence-corrected chi connectivity index (χ3v) is 3.66. The van der Waals surface area contributed by atoms with Gasteiger partial charge in [-0.05, 0) is 18.2 Å². The molecule has 1 heterocycles. The van der Waals surface area contributed by atoms with Crippen LogP contribution in [-0.4, -0.2) is 4.98 Å². The average molecular weight is 309 g/mol. The SMILES string of the molecule is ClCc1csc(COc2ccc(Cl)cc2Cl)n1. The van der Waals surface area contributed by atoms with Gasteiger partial charge >= 0.3 is 0 Å². The largest absolute Gasteiger partial charge is 0.485 e. The number of benzene rings is 1. The first-order chi connectivity index (χ1) is 8.19. The molecule has 0 saturated carbocycles. The van der Waals surface area contributed by atoms with E-state index in [1.54, 1.807) is 18.2 Å². The van der Waals surface area contributed by atoms with E-state index < -0.39 is 0 Å². The maximum atomic E-state index is 5.98. The Labute approximate surface area is 118 Å². The lowest BCUT2D eigenvalue weighted by atomic mass is 10.3. The molecule has 0 N–H and O–H groups in total. The van der Waals surface area contributed by atoms with Crippen LogP contribution in [0, 0.1) is 0 Å². The van der Waals surface area contributed by atoms with Crippen LogP contribution in [0.1, 0.15) is 10.7 Å². The molecular weight excluding hydrogens is 301 g/mol. The van der Waals surface area contributed by atoms with E-state index in [0.29, 0.717) is 28.3 Å². The van der Waals surface area contributed by atoms with Crippen LogP contribution in [0.3, 0.4) is 0 Å². The zero-order valence-electron chi connectivity index (χ0n) is 8.62. The van der Waals surface area contributed by atoms with Gasteiger partial charge in [-0.3, -0.25) is 0 Å². The zero-order valence-corrected chi connectivity index (χ0v) is 11.7. The number of thiazole rings is 1. The Hall–Kier alpha value is -0.480. The first-order valence-corrected chi connectivity index (χ1v) is 6.93. The number of hydrogen-bond acceptors (Lipinski definition) is 3. The molecule has 0 aliphatic heterocycles. The van der Waals surface area contributed by atoms with Gasteiger partial charge in [-0.1, -0.05) is 23.2 Å². The van der Waals surface area contributed by atoms with Crippen molar-refractivity contribution in [3.63, 3.8) is 0 Å². The van der Waals surface area contributed by atoms with E-state index in [1.807, 2.05) is 5.38 Å². The number of halogens is 3. The van der Waals surface area contributed by atoms with Gasteiger partial charge in [0.15, 0.2) is 0 Å². The van der Waals surface area contributed by atoms with Gasteiger partial charge in [0.2, 0.25) is 0 Å². The Balaban J connectivity index is 2.02. The van der Waals surface area contributed by atoms with Gasteiger partial charge in [0, 0.05) is 10.4 Å². The van der Waals surface area contributed by atoms with Crippen molar-refractivity contribution in [3.8, 4) is 5.75 Å². The van der Waals surface area contributed by atoms with Crippen LogP contribution in [0.2, 0.25) is 10.0 Å². The summed E-state index contributed by atoms with van der Waals surface area (Å²) in [5.41, 5.74) is 0.859. The summed E-state index contributed by atoms with van der Waals surface area (Å²) in [6.45, 7) is 0.378. The maximum absolute atomic E-state index is 5.98. The predicted molar refractivity (Wildman–Crippen MR) is 72.5 cm³/mol. The number of aromatic nitrogens is 1. The van der Waals surface area contributed by atoms with Gasteiger partial charge in [0.1, 0.15) is 17.4 Å². The molecular formula is C11H8Cl3NOS. The summed E-state index contributed by atoms with van der Waals surface area (Å²) in [4.78, 5) is 4.28. The van der Waals surface area contributed by atoms with Gasteiger partial charge in [-0.25, -0.2) is 4.98 Å². The van der Waals surface area contributed by atoms with Crippen molar-refractivity contribution in [1.29, 1.82) is 0 Å². The number of alkyl halides is 1. The van der Waals surface area contributed by atoms with Crippen molar-refractivity contribution in [2.24, 2.45) is 0 Å². The van der Waals surface area contributed by atoms with E-state index in [1.165, 1.54) is 11.3 Å². The second-order valence-electron chi connectivity index (χ2n) is 3.23. The van der Waals surface area contributed by atoms with Crippen molar-refractivity contribution >= 4 is 46.1 Å². The van der Waals surface area contributed by atoms with Gasteiger partial charge < -0.3 is 4.74 Å². The standard InChI is InChI=1S/C11H8Cl3NOS/c12-4-8-6-17-11(15-8)5-16-10-2-1-7(13)3-9(10)14/h1-3,6H,4-5H2. The molecule has 6 heteroatoms. The third kappa shape index (κ3) is 3.49. The van der Waals surface area contributed by atoms with Crippen LogP contribution in [0.5, 0.6) is 5.75 Å². The van der Waals surface area contributed by atoms with E-state index in [-0.39, 0.29) is 0 Å². The number of hydrogen-bond donors (Lipinski definition) is 0. The second kappa shape index (κ2) is 5.91. The smallest absolute Gasteiger partial charge is 0.140 e. The topological polar surface area (TPSA) is 22.1 Å². The molecule has 2 nitrogen and oxygen atoms in total. The first-order valence-electron chi connectivity index (χ1n) is 4.76.